The molecule has 0 spiro atoms. The van der Waals surface area contributed by atoms with Crippen LogP contribution in [0.5, 0.6) is 0 Å². The largest absolute Gasteiger partial charge is 0.422 e. The third-order valence-electron chi connectivity index (χ3n) is 4.35. The first-order valence-corrected chi connectivity index (χ1v) is 8.03. The van der Waals surface area contributed by atoms with Gasteiger partial charge in [0.05, 0.1) is 6.10 Å². The molecule has 2 aromatic carbocycles. The molecule has 4 nitrogen and oxygen atoms in total. The zero-order valence-corrected chi connectivity index (χ0v) is 13.9. The lowest BCUT2D eigenvalue weighted by Crippen LogP contribution is -2.21. The second-order valence-electron chi connectivity index (χ2n) is 6.03. The van der Waals surface area contributed by atoms with E-state index in [1.165, 1.54) is 6.07 Å². The maximum atomic E-state index is 11.8. The van der Waals surface area contributed by atoms with Gasteiger partial charge in [0.1, 0.15) is 5.58 Å². The second kappa shape index (κ2) is 6.99. The number of benzene rings is 2. The van der Waals surface area contributed by atoms with Crippen molar-refractivity contribution in [3.8, 4) is 0 Å². The summed E-state index contributed by atoms with van der Waals surface area (Å²) in [5.41, 5.74) is 4.11. The molecule has 3 rings (SSSR count). The van der Waals surface area contributed by atoms with Gasteiger partial charge in [-0.15, -0.1) is 0 Å². The van der Waals surface area contributed by atoms with Gasteiger partial charge in [0.2, 0.25) is 0 Å². The summed E-state index contributed by atoms with van der Waals surface area (Å²) in [5, 5.41) is 14.4. The van der Waals surface area contributed by atoms with Crippen LogP contribution >= 0.6 is 0 Å². The Morgan fingerprint density at radius 3 is 2.62 bits per heavy atom. The minimum Gasteiger partial charge on any atom is -0.422 e. The molecular formula is C20H21NO3. The minimum absolute atomic E-state index is 0.350. The monoisotopic (exact) mass is 323 g/mol. The van der Waals surface area contributed by atoms with Crippen LogP contribution in [0, 0.1) is 13.8 Å². The van der Waals surface area contributed by atoms with Crippen molar-refractivity contribution in [3.63, 3.8) is 0 Å². The molecule has 3 aromatic rings. The molecule has 2 N–H and O–H groups in total. The maximum Gasteiger partial charge on any atom is 0.336 e. The fourth-order valence-electron chi connectivity index (χ4n) is 2.81. The van der Waals surface area contributed by atoms with Crippen molar-refractivity contribution in [1.29, 1.82) is 0 Å². The van der Waals surface area contributed by atoms with E-state index in [1.54, 1.807) is 0 Å². The summed E-state index contributed by atoms with van der Waals surface area (Å²) in [6.45, 7) is 4.86. The Hall–Kier alpha value is -2.43. The summed E-state index contributed by atoms with van der Waals surface area (Å²) in [5.74, 6) is 0. The van der Waals surface area contributed by atoms with Crippen LogP contribution in [0.1, 0.15) is 28.4 Å². The summed E-state index contributed by atoms with van der Waals surface area (Å²) >= 11 is 0. The lowest BCUT2D eigenvalue weighted by molar-refractivity contribution is 0.174. The van der Waals surface area contributed by atoms with Crippen LogP contribution in [0.4, 0.5) is 0 Å². The first-order valence-electron chi connectivity index (χ1n) is 8.03. The van der Waals surface area contributed by atoms with Crippen LogP contribution in [0.15, 0.2) is 57.7 Å². The number of aliphatic hydroxyl groups is 1. The first kappa shape index (κ1) is 16.4. The van der Waals surface area contributed by atoms with Crippen molar-refractivity contribution in [3.05, 3.63) is 81.2 Å². The van der Waals surface area contributed by atoms with Gasteiger partial charge in [-0.05, 0) is 36.1 Å². The van der Waals surface area contributed by atoms with Gasteiger partial charge in [-0.1, -0.05) is 42.5 Å². The van der Waals surface area contributed by atoms with Gasteiger partial charge in [-0.3, -0.25) is 0 Å². The maximum absolute atomic E-state index is 11.8. The van der Waals surface area contributed by atoms with E-state index in [1.807, 2.05) is 56.3 Å². The van der Waals surface area contributed by atoms with Gasteiger partial charge in [0.25, 0.3) is 0 Å². The summed E-state index contributed by atoms with van der Waals surface area (Å²) in [6.07, 6.45) is -0.582. The van der Waals surface area contributed by atoms with Crippen LogP contribution in [0.25, 0.3) is 11.0 Å². The van der Waals surface area contributed by atoms with Crippen LogP contribution in [-0.2, 0) is 6.54 Å². The van der Waals surface area contributed by atoms with Crippen LogP contribution in [0.3, 0.4) is 0 Å². The van der Waals surface area contributed by atoms with E-state index in [9.17, 15) is 9.90 Å². The number of aliphatic hydroxyl groups excluding tert-OH is 1. The van der Waals surface area contributed by atoms with Crippen molar-refractivity contribution in [2.45, 2.75) is 26.5 Å². The molecule has 1 atom stereocenters. The molecule has 0 saturated heterocycles. The predicted octanol–water partition coefficient (Wildman–Crippen LogP) is 3.23. The molecule has 124 valence electrons. The molecule has 0 saturated carbocycles. The number of hydrogen-bond donors (Lipinski definition) is 2. The van der Waals surface area contributed by atoms with E-state index in [4.69, 9.17) is 4.42 Å². The van der Waals surface area contributed by atoms with Gasteiger partial charge >= 0.3 is 5.63 Å². The quantitative estimate of drug-likeness (QED) is 0.708. The van der Waals surface area contributed by atoms with Crippen LogP contribution < -0.4 is 10.9 Å². The lowest BCUT2D eigenvalue weighted by atomic mass is 10.0. The normalized spacial score (nSPS) is 12.5. The Labute approximate surface area is 140 Å². The average molecular weight is 323 g/mol. The molecule has 1 heterocycles. The molecule has 1 aromatic heterocycles. The number of aryl methyl sites for hydroxylation is 2. The van der Waals surface area contributed by atoms with Gasteiger partial charge in [-0.2, -0.15) is 0 Å². The Balaban J connectivity index is 1.78. The topological polar surface area (TPSA) is 62.5 Å². The van der Waals surface area contributed by atoms with E-state index >= 15 is 0 Å². The lowest BCUT2D eigenvalue weighted by Gasteiger charge is -2.13. The molecule has 0 unspecified atom stereocenters. The molecule has 0 aliphatic rings. The van der Waals surface area contributed by atoms with Crippen molar-refractivity contribution >= 4 is 11.0 Å². The zero-order valence-electron chi connectivity index (χ0n) is 13.9. The fourth-order valence-corrected chi connectivity index (χ4v) is 2.81. The summed E-state index contributed by atoms with van der Waals surface area (Å²) in [4.78, 5) is 11.8. The summed E-state index contributed by atoms with van der Waals surface area (Å²) < 4.78 is 5.38. The first-order chi connectivity index (χ1) is 11.6. The van der Waals surface area contributed by atoms with Crippen molar-refractivity contribution in [2.24, 2.45) is 0 Å². The number of rotatable bonds is 5. The smallest absolute Gasteiger partial charge is 0.336 e. The molecule has 24 heavy (non-hydrogen) atoms. The molecular weight excluding hydrogens is 302 g/mol. The van der Waals surface area contributed by atoms with Gasteiger partial charge in [-0.25, -0.2) is 4.79 Å². The van der Waals surface area contributed by atoms with E-state index in [0.29, 0.717) is 18.7 Å². The molecule has 4 heteroatoms. The van der Waals surface area contributed by atoms with E-state index in [-0.39, 0.29) is 5.63 Å². The summed E-state index contributed by atoms with van der Waals surface area (Å²) in [6, 6.07) is 15.0. The second-order valence-corrected chi connectivity index (χ2v) is 6.03. The van der Waals surface area contributed by atoms with E-state index in [0.717, 1.165) is 27.6 Å². The third kappa shape index (κ3) is 3.40. The third-order valence-corrected chi connectivity index (χ3v) is 4.35. The number of hydrogen-bond acceptors (Lipinski definition) is 4. The highest BCUT2D eigenvalue weighted by Gasteiger charge is 2.11. The van der Waals surface area contributed by atoms with Gasteiger partial charge in [0, 0.05) is 24.5 Å². The Bertz CT molecular complexity index is 900. The molecule has 0 fully saturated rings. The Morgan fingerprint density at radius 2 is 1.88 bits per heavy atom. The average Bonchev–Trinajstić information content (AvgIpc) is 2.59. The standard InChI is InChI=1S/C20H21NO3/c1-13-8-9-17-16(10-19(23)24-20(17)14(13)2)11-21-12-18(22)15-6-4-3-5-7-15/h3-10,18,21-22H,11-12H2,1-2H3/t18-/m0/s1. The number of fused-ring (bicyclic) bond motifs is 1. The van der Waals surface area contributed by atoms with Crippen LogP contribution in [-0.4, -0.2) is 11.7 Å². The molecule has 0 bridgehead atoms. The highest BCUT2D eigenvalue weighted by molar-refractivity contribution is 5.83. The van der Waals surface area contributed by atoms with Crippen molar-refractivity contribution < 1.29 is 9.52 Å². The van der Waals surface area contributed by atoms with E-state index < -0.39 is 6.10 Å². The van der Waals surface area contributed by atoms with Crippen LogP contribution in [0.2, 0.25) is 0 Å². The Kier molecular flexibility index (Phi) is 4.79. The van der Waals surface area contributed by atoms with Gasteiger partial charge in [0.15, 0.2) is 0 Å². The Morgan fingerprint density at radius 1 is 1.12 bits per heavy atom. The summed E-state index contributed by atoms with van der Waals surface area (Å²) in [7, 11) is 0. The number of nitrogens with one attached hydrogen (secondary N) is 1. The molecule has 0 aliphatic carbocycles. The molecule has 0 amide bonds. The molecule has 0 aliphatic heterocycles. The molecule has 0 radical (unpaired) electrons. The highest BCUT2D eigenvalue weighted by Crippen LogP contribution is 2.23. The highest BCUT2D eigenvalue weighted by atomic mass is 16.4. The minimum atomic E-state index is -0.582. The van der Waals surface area contributed by atoms with Crippen molar-refractivity contribution in [1.82, 2.24) is 5.32 Å². The van der Waals surface area contributed by atoms with E-state index in [2.05, 4.69) is 5.32 Å². The van der Waals surface area contributed by atoms with Gasteiger partial charge < -0.3 is 14.8 Å². The fraction of sp³-hybridized carbons (Fsp3) is 0.250. The van der Waals surface area contributed by atoms with Crippen molar-refractivity contribution in [2.75, 3.05) is 6.54 Å². The SMILES string of the molecule is Cc1ccc2c(CNC[C@H](O)c3ccccc3)cc(=O)oc2c1C. The zero-order chi connectivity index (χ0) is 17.1. The predicted molar refractivity (Wildman–Crippen MR) is 95.1 cm³/mol.